The third-order valence-electron chi connectivity index (χ3n) is 2.75. The van der Waals surface area contributed by atoms with E-state index in [1.165, 1.54) is 12.1 Å². The maximum absolute atomic E-state index is 11.5. The van der Waals surface area contributed by atoms with Crippen molar-refractivity contribution < 1.29 is 29.5 Å². The van der Waals surface area contributed by atoms with Gasteiger partial charge < -0.3 is 20.3 Å². The summed E-state index contributed by atoms with van der Waals surface area (Å²) in [7, 11) is 0. The SMILES string of the molecule is O=C(O)O[C@H](c1ccc([N+](=O)[O-])cc1)[C@@H](CO)NC(=O)C(Cl)Cl. The summed E-state index contributed by atoms with van der Waals surface area (Å²) in [6.07, 6.45) is -2.97. The summed E-state index contributed by atoms with van der Waals surface area (Å²) in [6, 6.07) is 3.59. The summed E-state index contributed by atoms with van der Waals surface area (Å²) in [5, 5.41) is 31.0. The van der Waals surface area contributed by atoms with Gasteiger partial charge in [0, 0.05) is 12.1 Å². The number of nitrogens with zero attached hydrogens (tertiary/aromatic N) is 1. The number of benzene rings is 1. The number of hydrogen-bond acceptors (Lipinski definition) is 6. The van der Waals surface area contributed by atoms with Crippen LogP contribution in [0.1, 0.15) is 11.7 Å². The molecule has 0 saturated heterocycles. The summed E-state index contributed by atoms with van der Waals surface area (Å²) in [5.41, 5.74) is -0.0213. The number of halogens is 2. The lowest BCUT2D eigenvalue weighted by Gasteiger charge is -2.25. The van der Waals surface area contributed by atoms with Crippen molar-refractivity contribution in [2.24, 2.45) is 0 Å². The predicted molar refractivity (Wildman–Crippen MR) is 79.5 cm³/mol. The molecule has 11 heteroatoms. The van der Waals surface area contributed by atoms with Crippen LogP contribution in [0.2, 0.25) is 0 Å². The van der Waals surface area contributed by atoms with E-state index in [-0.39, 0.29) is 11.3 Å². The minimum absolute atomic E-state index is 0.193. The van der Waals surface area contributed by atoms with Crippen LogP contribution in [0.25, 0.3) is 0 Å². The zero-order chi connectivity index (χ0) is 17.6. The van der Waals surface area contributed by atoms with Crippen LogP contribution in [-0.2, 0) is 9.53 Å². The van der Waals surface area contributed by atoms with Crippen molar-refractivity contribution in [1.29, 1.82) is 0 Å². The number of carbonyl (C=O) groups excluding carboxylic acids is 1. The number of aliphatic hydroxyl groups excluding tert-OH is 1. The second-order valence-corrected chi connectivity index (χ2v) is 5.35. The van der Waals surface area contributed by atoms with Gasteiger partial charge in [0.15, 0.2) is 10.9 Å². The fraction of sp³-hybridized carbons (Fsp3) is 0.333. The van der Waals surface area contributed by atoms with Crippen LogP contribution in [-0.4, -0.2) is 44.7 Å². The van der Waals surface area contributed by atoms with E-state index in [4.69, 9.17) is 28.3 Å². The zero-order valence-electron chi connectivity index (χ0n) is 11.4. The Morgan fingerprint density at radius 2 is 1.87 bits per heavy atom. The molecule has 1 aromatic carbocycles. The highest BCUT2D eigenvalue weighted by Gasteiger charge is 2.29. The van der Waals surface area contributed by atoms with Crippen molar-refractivity contribution in [3.05, 3.63) is 39.9 Å². The second kappa shape index (κ2) is 8.51. The molecule has 0 aromatic heterocycles. The Hall–Kier alpha value is -2.10. The summed E-state index contributed by atoms with van der Waals surface area (Å²) < 4.78 is 4.66. The molecular formula is C12H12Cl2N2O7. The molecule has 0 aliphatic rings. The van der Waals surface area contributed by atoms with Gasteiger partial charge in [0.2, 0.25) is 0 Å². The molecule has 0 saturated carbocycles. The molecule has 0 bridgehead atoms. The smallest absolute Gasteiger partial charge is 0.450 e. The Kier molecular flexibility index (Phi) is 7.01. The molecule has 1 aromatic rings. The Morgan fingerprint density at radius 3 is 2.26 bits per heavy atom. The van der Waals surface area contributed by atoms with E-state index in [1.54, 1.807) is 0 Å². The quantitative estimate of drug-likeness (QED) is 0.288. The van der Waals surface area contributed by atoms with Crippen molar-refractivity contribution in [2.45, 2.75) is 17.0 Å². The minimum atomic E-state index is -1.66. The molecule has 126 valence electrons. The first kappa shape index (κ1) is 18.9. The fourth-order valence-electron chi connectivity index (χ4n) is 1.74. The second-order valence-electron chi connectivity index (χ2n) is 4.25. The highest BCUT2D eigenvalue weighted by Crippen LogP contribution is 2.24. The highest BCUT2D eigenvalue weighted by molar-refractivity contribution is 6.53. The first-order chi connectivity index (χ1) is 10.8. The maximum Gasteiger partial charge on any atom is 0.506 e. The summed E-state index contributed by atoms with van der Waals surface area (Å²) >= 11 is 10.8. The molecule has 0 aliphatic carbocycles. The van der Waals surface area contributed by atoms with E-state index in [1.807, 2.05) is 0 Å². The number of aliphatic hydroxyl groups is 1. The lowest BCUT2D eigenvalue weighted by atomic mass is 10.0. The van der Waals surface area contributed by atoms with Gasteiger partial charge >= 0.3 is 6.16 Å². The highest BCUT2D eigenvalue weighted by atomic mass is 35.5. The van der Waals surface area contributed by atoms with E-state index in [0.717, 1.165) is 12.1 Å². The van der Waals surface area contributed by atoms with Crippen molar-refractivity contribution in [1.82, 2.24) is 5.32 Å². The van der Waals surface area contributed by atoms with Gasteiger partial charge in [-0.05, 0) is 17.7 Å². The lowest BCUT2D eigenvalue weighted by molar-refractivity contribution is -0.384. The number of nitro benzene ring substituents is 1. The topological polar surface area (TPSA) is 139 Å². The predicted octanol–water partition coefficient (Wildman–Crippen LogP) is 1.61. The van der Waals surface area contributed by atoms with Crippen LogP contribution in [0.15, 0.2) is 24.3 Å². The molecule has 0 spiro atoms. The van der Waals surface area contributed by atoms with Gasteiger partial charge in [-0.3, -0.25) is 14.9 Å². The van der Waals surface area contributed by atoms with Gasteiger partial charge in [0.1, 0.15) is 0 Å². The standard InChI is InChI=1S/C12H12Cl2N2O7/c13-10(14)11(18)15-8(5-17)9(23-12(19)20)6-1-3-7(4-2-6)16(21)22/h1-4,8-10,17H,5H2,(H,15,18)(H,19,20)/t8-,9-/m1/s1. The van der Waals surface area contributed by atoms with Crippen molar-refractivity contribution in [2.75, 3.05) is 6.61 Å². The van der Waals surface area contributed by atoms with Crippen LogP contribution in [0.4, 0.5) is 10.5 Å². The van der Waals surface area contributed by atoms with E-state index < -0.39 is 40.6 Å². The molecule has 1 rings (SSSR count). The molecule has 9 nitrogen and oxygen atoms in total. The molecule has 2 atom stereocenters. The Bertz CT molecular complexity index is 579. The number of rotatable bonds is 7. The number of ether oxygens (including phenoxy) is 1. The first-order valence-electron chi connectivity index (χ1n) is 6.09. The van der Waals surface area contributed by atoms with Gasteiger partial charge in [-0.25, -0.2) is 4.79 Å². The van der Waals surface area contributed by atoms with Crippen LogP contribution < -0.4 is 5.32 Å². The zero-order valence-corrected chi connectivity index (χ0v) is 12.9. The largest absolute Gasteiger partial charge is 0.506 e. The third-order valence-corrected chi connectivity index (χ3v) is 3.14. The van der Waals surface area contributed by atoms with Gasteiger partial charge in [-0.15, -0.1) is 0 Å². The average Bonchev–Trinajstić information content (AvgIpc) is 2.50. The number of carbonyl (C=O) groups is 2. The van der Waals surface area contributed by atoms with Gasteiger partial charge in [-0.1, -0.05) is 23.2 Å². The normalized spacial score (nSPS) is 13.2. The Balaban J connectivity index is 3.08. The number of hydrogen-bond donors (Lipinski definition) is 3. The third kappa shape index (κ3) is 5.55. The number of alkyl halides is 2. The van der Waals surface area contributed by atoms with Crippen molar-refractivity contribution in [3.8, 4) is 0 Å². The average molecular weight is 367 g/mol. The molecular weight excluding hydrogens is 355 g/mol. The maximum atomic E-state index is 11.5. The first-order valence-corrected chi connectivity index (χ1v) is 6.96. The summed E-state index contributed by atoms with van der Waals surface area (Å²) in [6.45, 7) is -0.679. The van der Waals surface area contributed by atoms with Gasteiger partial charge in [0.05, 0.1) is 17.6 Å². The number of nitrogens with one attached hydrogen (secondary N) is 1. The summed E-state index contributed by atoms with van der Waals surface area (Å²) in [4.78, 5) is 30.9. The van der Waals surface area contributed by atoms with Gasteiger partial charge in [0.25, 0.3) is 11.6 Å². The molecule has 23 heavy (non-hydrogen) atoms. The van der Waals surface area contributed by atoms with Crippen molar-refractivity contribution >= 4 is 41.0 Å². The Morgan fingerprint density at radius 1 is 1.30 bits per heavy atom. The van der Waals surface area contributed by atoms with E-state index in [0.29, 0.717) is 0 Å². The number of non-ortho nitro benzene ring substituents is 1. The Labute approximate surface area is 139 Å². The number of carboxylic acid groups (broad SMARTS) is 1. The molecule has 0 unspecified atom stereocenters. The molecule has 0 radical (unpaired) electrons. The van der Waals surface area contributed by atoms with Crippen LogP contribution in [0, 0.1) is 10.1 Å². The van der Waals surface area contributed by atoms with E-state index in [9.17, 15) is 24.8 Å². The number of nitro groups is 1. The fourth-order valence-corrected chi connectivity index (χ4v) is 1.87. The van der Waals surface area contributed by atoms with E-state index in [2.05, 4.69) is 10.1 Å². The molecule has 0 fully saturated rings. The van der Waals surface area contributed by atoms with Crippen LogP contribution >= 0.6 is 23.2 Å². The van der Waals surface area contributed by atoms with E-state index >= 15 is 0 Å². The minimum Gasteiger partial charge on any atom is -0.450 e. The van der Waals surface area contributed by atoms with Crippen molar-refractivity contribution in [3.63, 3.8) is 0 Å². The monoisotopic (exact) mass is 366 g/mol. The molecule has 3 N–H and O–H groups in total. The molecule has 1 amide bonds. The lowest BCUT2D eigenvalue weighted by Crippen LogP contribution is -2.45. The summed E-state index contributed by atoms with van der Waals surface area (Å²) in [5.74, 6) is -0.853. The molecule has 0 heterocycles. The molecule has 0 aliphatic heterocycles. The number of amides is 1. The van der Waals surface area contributed by atoms with Crippen LogP contribution in [0.5, 0.6) is 0 Å². The van der Waals surface area contributed by atoms with Gasteiger partial charge in [-0.2, -0.15) is 0 Å². The van der Waals surface area contributed by atoms with Crippen LogP contribution in [0.3, 0.4) is 0 Å².